The zero-order valence-electron chi connectivity index (χ0n) is 21.5. The summed E-state index contributed by atoms with van der Waals surface area (Å²) in [7, 11) is 0. The van der Waals surface area contributed by atoms with Crippen LogP contribution < -0.4 is 5.32 Å². The summed E-state index contributed by atoms with van der Waals surface area (Å²) in [4.78, 5) is 53.2. The Labute approximate surface area is 213 Å². The van der Waals surface area contributed by atoms with Gasteiger partial charge in [0, 0.05) is 49.8 Å². The highest BCUT2D eigenvalue weighted by Crippen LogP contribution is 2.27. The normalized spacial score (nSPS) is 20.7. The van der Waals surface area contributed by atoms with Crippen LogP contribution in [0.25, 0.3) is 6.08 Å². The third-order valence-electron chi connectivity index (χ3n) is 7.48. The van der Waals surface area contributed by atoms with Crippen molar-refractivity contribution < 1.29 is 19.3 Å². The minimum absolute atomic E-state index is 0.0196. The van der Waals surface area contributed by atoms with E-state index in [0.717, 1.165) is 32.1 Å². The smallest absolute Gasteiger partial charge is 0.269 e. The fourth-order valence-corrected chi connectivity index (χ4v) is 5.03. The highest BCUT2D eigenvalue weighted by Gasteiger charge is 2.36. The standard InChI is InChI=1S/C27H38N4O5/c1-4-19(2)25(28-24(32)15-12-21-10-13-23(14-11-21)31(35)36)27(34)29-16-17-30(20(3)18-29)26(33)22-8-6-5-7-9-22/h10-15,19-20,22,25H,4-9,16-18H2,1-3H3,(H,28,32)/b15-12+. The number of carbonyl (C=O) groups excluding carboxylic acids is 3. The Bertz CT molecular complexity index is 971. The van der Waals surface area contributed by atoms with Crippen molar-refractivity contribution in [1.82, 2.24) is 15.1 Å². The molecule has 1 aliphatic carbocycles. The van der Waals surface area contributed by atoms with E-state index in [-0.39, 0.29) is 35.4 Å². The summed E-state index contributed by atoms with van der Waals surface area (Å²) in [5.41, 5.74) is 0.628. The lowest BCUT2D eigenvalue weighted by Gasteiger charge is -2.43. The SMILES string of the molecule is CCC(C)C(NC(=O)/C=C/c1ccc([N+](=O)[O-])cc1)C(=O)N1CCN(C(=O)C2CCCCC2)C(C)C1. The van der Waals surface area contributed by atoms with E-state index in [1.807, 2.05) is 25.7 Å². The number of piperazine rings is 1. The van der Waals surface area contributed by atoms with Gasteiger partial charge in [0.2, 0.25) is 17.7 Å². The van der Waals surface area contributed by atoms with Crippen molar-refractivity contribution in [2.45, 2.75) is 71.4 Å². The van der Waals surface area contributed by atoms with Crippen LogP contribution in [-0.2, 0) is 14.4 Å². The third-order valence-corrected chi connectivity index (χ3v) is 7.48. The highest BCUT2D eigenvalue weighted by molar-refractivity contribution is 5.95. The molecule has 1 saturated carbocycles. The van der Waals surface area contributed by atoms with Gasteiger partial charge in [-0.05, 0) is 49.5 Å². The second-order valence-corrected chi connectivity index (χ2v) is 10.1. The van der Waals surface area contributed by atoms with Crippen LogP contribution in [0.1, 0.15) is 64.9 Å². The van der Waals surface area contributed by atoms with Crippen LogP contribution in [0.2, 0.25) is 0 Å². The molecule has 1 N–H and O–H groups in total. The number of nitro groups is 1. The van der Waals surface area contributed by atoms with Crippen LogP contribution in [0.4, 0.5) is 5.69 Å². The summed E-state index contributed by atoms with van der Waals surface area (Å²) >= 11 is 0. The maximum Gasteiger partial charge on any atom is 0.269 e. The molecule has 36 heavy (non-hydrogen) atoms. The van der Waals surface area contributed by atoms with E-state index in [9.17, 15) is 24.5 Å². The zero-order chi connectivity index (χ0) is 26.2. The van der Waals surface area contributed by atoms with E-state index in [1.54, 1.807) is 23.1 Å². The summed E-state index contributed by atoms with van der Waals surface area (Å²) in [6.45, 7) is 7.34. The van der Waals surface area contributed by atoms with Crippen molar-refractivity contribution in [3.05, 3.63) is 46.0 Å². The number of nitro benzene ring substituents is 1. The monoisotopic (exact) mass is 498 g/mol. The fourth-order valence-electron chi connectivity index (χ4n) is 5.03. The molecule has 2 fully saturated rings. The second kappa shape index (κ2) is 12.6. The van der Waals surface area contributed by atoms with E-state index >= 15 is 0 Å². The van der Waals surface area contributed by atoms with Gasteiger partial charge in [-0.2, -0.15) is 0 Å². The van der Waals surface area contributed by atoms with Crippen molar-refractivity contribution in [2.24, 2.45) is 11.8 Å². The van der Waals surface area contributed by atoms with Crippen LogP contribution >= 0.6 is 0 Å². The second-order valence-electron chi connectivity index (χ2n) is 10.1. The molecule has 3 unspecified atom stereocenters. The van der Waals surface area contributed by atoms with Gasteiger partial charge in [0.1, 0.15) is 6.04 Å². The summed E-state index contributed by atoms with van der Waals surface area (Å²) in [6, 6.07) is 5.15. The van der Waals surface area contributed by atoms with Crippen molar-refractivity contribution in [2.75, 3.05) is 19.6 Å². The molecule has 1 aliphatic heterocycles. The van der Waals surface area contributed by atoms with E-state index in [0.29, 0.717) is 25.2 Å². The van der Waals surface area contributed by atoms with Gasteiger partial charge < -0.3 is 15.1 Å². The number of hydrogen-bond acceptors (Lipinski definition) is 5. The molecule has 0 bridgehead atoms. The minimum atomic E-state index is -0.670. The van der Waals surface area contributed by atoms with Gasteiger partial charge in [-0.1, -0.05) is 39.5 Å². The van der Waals surface area contributed by atoms with Gasteiger partial charge in [-0.25, -0.2) is 0 Å². The largest absolute Gasteiger partial charge is 0.340 e. The van der Waals surface area contributed by atoms with E-state index in [4.69, 9.17) is 0 Å². The molecule has 1 aromatic rings. The maximum atomic E-state index is 13.5. The van der Waals surface area contributed by atoms with Crippen LogP contribution in [0, 0.1) is 22.0 Å². The Kier molecular flexibility index (Phi) is 9.61. The number of nitrogens with zero attached hydrogens (tertiary/aromatic N) is 3. The van der Waals surface area contributed by atoms with Crippen molar-refractivity contribution in [3.8, 4) is 0 Å². The average Bonchev–Trinajstić information content (AvgIpc) is 2.90. The number of amides is 3. The molecular formula is C27H38N4O5. The fraction of sp³-hybridized carbons (Fsp3) is 0.593. The van der Waals surface area contributed by atoms with Crippen molar-refractivity contribution >= 4 is 29.5 Å². The van der Waals surface area contributed by atoms with E-state index < -0.39 is 16.9 Å². The lowest BCUT2D eigenvalue weighted by molar-refractivity contribution is -0.384. The highest BCUT2D eigenvalue weighted by atomic mass is 16.6. The van der Waals surface area contributed by atoms with Crippen molar-refractivity contribution in [1.29, 1.82) is 0 Å². The van der Waals surface area contributed by atoms with Gasteiger partial charge in [0.15, 0.2) is 0 Å². The molecule has 1 aromatic carbocycles. The van der Waals surface area contributed by atoms with Gasteiger partial charge >= 0.3 is 0 Å². The first-order chi connectivity index (χ1) is 17.2. The number of hydrogen-bond donors (Lipinski definition) is 1. The molecule has 9 heteroatoms. The van der Waals surface area contributed by atoms with E-state index in [1.165, 1.54) is 24.6 Å². The molecule has 1 saturated heterocycles. The quantitative estimate of drug-likeness (QED) is 0.333. The minimum Gasteiger partial charge on any atom is -0.340 e. The van der Waals surface area contributed by atoms with Crippen LogP contribution in [0.15, 0.2) is 30.3 Å². The molecule has 0 radical (unpaired) electrons. The first-order valence-corrected chi connectivity index (χ1v) is 13.0. The topological polar surface area (TPSA) is 113 Å². The van der Waals surface area contributed by atoms with Crippen molar-refractivity contribution in [3.63, 3.8) is 0 Å². The summed E-state index contributed by atoms with van der Waals surface area (Å²) in [6.07, 6.45) is 8.96. The summed E-state index contributed by atoms with van der Waals surface area (Å²) in [5, 5.41) is 13.7. The average molecular weight is 499 g/mol. The number of nitrogens with one attached hydrogen (secondary N) is 1. The molecule has 3 rings (SSSR count). The number of benzene rings is 1. The Hall–Kier alpha value is -3.23. The molecule has 196 valence electrons. The lowest BCUT2D eigenvalue weighted by Crippen LogP contribution is -2.60. The van der Waals surface area contributed by atoms with Gasteiger partial charge in [-0.3, -0.25) is 24.5 Å². The maximum absolute atomic E-state index is 13.5. The van der Waals surface area contributed by atoms with Gasteiger partial charge in [0.25, 0.3) is 5.69 Å². The molecule has 3 atom stereocenters. The molecule has 2 aliphatic rings. The Balaban J connectivity index is 1.60. The predicted molar refractivity (Wildman–Crippen MR) is 138 cm³/mol. The third kappa shape index (κ3) is 6.92. The lowest BCUT2D eigenvalue weighted by atomic mass is 9.87. The Morgan fingerprint density at radius 2 is 1.81 bits per heavy atom. The molecule has 3 amide bonds. The van der Waals surface area contributed by atoms with Crippen LogP contribution in [0.5, 0.6) is 0 Å². The summed E-state index contributed by atoms with van der Waals surface area (Å²) < 4.78 is 0. The predicted octanol–water partition coefficient (Wildman–Crippen LogP) is 3.78. The number of carbonyl (C=O) groups is 3. The zero-order valence-corrected chi connectivity index (χ0v) is 21.5. The Morgan fingerprint density at radius 1 is 1.14 bits per heavy atom. The first kappa shape index (κ1) is 27.4. The molecule has 9 nitrogen and oxygen atoms in total. The Morgan fingerprint density at radius 3 is 2.39 bits per heavy atom. The molecule has 0 spiro atoms. The number of non-ortho nitro benzene ring substituents is 1. The van der Waals surface area contributed by atoms with Crippen LogP contribution in [-0.4, -0.2) is 64.2 Å². The first-order valence-electron chi connectivity index (χ1n) is 13.0. The van der Waals surface area contributed by atoms with E-state index in [2.05, 4.69) is 5.32 Å². The summed E-state index contributed by atoms with van der Waals surface area (Å²) in [5.74, 6) is -0.258. The van der Waals surface area contributed by atoms with Crippen LogP contribution in [0.3, 0.4) is 0 Å². The van der Waals surface area contributed by atoms with Gasteiger partial charge in [-0.15, -0.1) is 0 Å². The molecule has 1 heterocycles. The number of rotatable bonds is 8. The van der Waals surface area contributed by atoms with Gasteiger partial charge in [0.05, 0.1) is 4.92 Å². The molecular weight excluding hydrogens is 460 g/mol. The molecule has 0 aromatic heterocycles.